The SMILES string of the molecule is CC(Cn1ccnc1)NCc1cccc2c1OCCO2. The number of nitrogens with zero attached hydrogens (tertiary/aromatic N) is 2. The first kappa shape index (κ1) is 13.0. The third-order valence-corrected chi connectivity index (χ3v) is 3.33. The molecule has 1 aromatic carbocycles. The Morgan fingerprint density at radius 3 is 3.10 bits per heavy atom. The molecule has 0 saturated heterocycles. The molecule has 0 fully saturated rings. The zero-order valence-electron chi connectivity index (χ0n) is 11.6. The molecular formula is C15H19N3O2. The zero-order chi connectivity index (χ0) is 13.8. The molecule has 1 atom stereocenters. The molecule has 3 rings (SSSR count). The molecule has 0 amide bonds. The van der Waals surface area contributed by atoms with Crippen LogP contribution in [-0.4, -0.2) is 28.8 Å². The van der Waals surface area contributed by atoms with Gasteiger partial charge in [-0.05, 0) is 13.0 Å². The molecule has 5 heteroatoms. The van der Waals surface area contributed by atoms with Crippen LogP contribution in [0.4, 0.5) is 0 Å². The number of hydrogen-bond donors (Lipinski definition) is 1. The van der Waals surface area contributed by atoms with Gasteiger partial charge in [-0.3, -0.25) is 0 Å². The normalized spacial score (nSPS) is 15.1. The lowest BCUT2D eigenvalue weighted by molar-refractivity contribution is 0.169. The van der Waals surface area contributed by atoms with E-state index in [2.05, 4.69) is 27.9 Å². The fourth-order valence-electron chi connectivity index (χ4n) is 2.33. The predicted octanol–water partition coefficient (Wildman–Crippen LogP) is 1.83. The number of fused-ring (bicyclic) bond motifs is 1. The Balaban J connectivity index is 1.61. The molecule has 0 bridgehead atoms. The molecule has 0 spiro atoms. The summed E-state index contributed by atoms with van der Waals surface area (Å²) in [6.07, 6.45) is 5.60. The predicted molar refractivity (Wildman–Crippen MR) is 76.0 cm³/mol. The molecule has 106 valence electrons. The van der Waals surface area contributed by atoms with Gasteiger partial charge in [-0.25, -0.2) is 4.98 Å². The minimum atomic E-state index is 0.351. The summed E-state index contributed by atoms with van der Waals surface area (Å²) in [4.78, 5) is 4.05. The van der Waals surface area contributed by atoms with Crippen LogP contribution in [0.3, 0.4) is 0 Å². The van der Waals surface area contributed by atoms with Crippen molar-refractivity contribution in [3.63, 3.8) is 0 Å². The van der Waals surface area contributed by atoms with Crippen LogP contribution in [0.25, 0.3) is 0 Å². The van der Waals surface area contributed by atoms with Crippen molar-refractivity contribution in [1.82, 2.24) is 14.9 Å². The van der Waals surface area contributed by atoms with Gasteiger partial charge in [0.25, 0.3) is 0 Å². The highest BCUT2D eigenvalue weighted by molar-refractivity contribution is 5.47. The second-order valence-electron chi connectivity index (χ2n) is 4.98. The first-order valence-corrected chi connectivity index (χ1v) is 6.89. The van der Waals surface area contributed by atoms with Crippen molar-refractivity contribution in [1.29, 1.82) is 0 Å². The summed E-state index contributed by atoms with van der Waals surface area (Å²) in [5, 5.41) is 3.50. The van der Waals surface area contributed by atoms with Gasteiger partial charge in [0.15, 0.2) is 11.5 Å². The number of hydrogen-bond acceptors (Lipinski definition) is 4. The molecule has 1 aliphatic heterocycles. The highest BCUT2D eigenvalue weighted by Crippen LogP contribution is 2.33. The van der Waals surface area contributed by atoms with Gasteiger partial charge in [-0.15, -0.1) is 0 Å². The third-order valence-electron chi connectivity index (χ3n) is 3.33. The van der Waals surface area contributed by atoms with Crippen LogP contribution >= 0.6 is 0 Å². The van der Waals surface area contributed by atoms with Crippen LogP contribution in [0.2, 0.25) is 0 Å². The highest BCUT2D eigenvalue weighted by atomic mass is 16.6. The van der Waals surface area contributed by atoms with Crippen LogP contribution in [0.15, 0.2) is 36.9 Å². The number of benzene rings is 1. The average Bonchev–Trinajstić information content (AvgIpc) is 2.98. The second kappa shape index (κ2) is 5.96. The van der Waals surface area contributed by atoms with Crippen molar-refractivity contribution in [3.05, 3.63) is 42.5 Å². The first-order chi connectivity index (χ1) is 9.83. The number of aromatic nitrogens is 2. The smallest absolute Gasteiger partial charge is 0.165 e. The quantitative estimate of drug-likeness (QED) is 0.903. The number of nitrogens with one attached hydrogen (secondary N) is 1. The van der Waals surface area contributed by atoms with E-state index in [1.807, 2.05) is 24.7 Å². The van der Waals surface area contributed by atoms with E-state index in [0.29, 0.717) is 19.3 Å². The maximum absolute atomic E-state index is 5.71. The van der Waals surface area contributed by atoms with Crippen molar-refractivity contribution in [2.45, 2.75) is 26.1 Å². The molecule has 2 heterocycles. The summed E-state index contributed by atoms with van der Waals surface area (Å²) in [6, 6.07) is 6.38. The minimum absolute atomic E-state index is 0.351. The van der Waals surface area contributed by atoms with Gasteiger partial charge in [0, 0.05) is 37.1 Å². The Kier molecular flexibility index (Phi) is 3.87. The van der Waals surface area contributed by atoms with Crippen LogP contribution in [0, 0.1) is 0 Å². The Morgan fingerprint density at radius 2 is 2.25 bits per heavy atom. The standard InChI is InChI=1S/C15H19N3O2/c1-12(10-18-6-5-16-11-18)17-9-13-3-2-4-14-15(13)20-8-7-19-14/h2-6,11-12,17H,7-10H2,1H3. The number of imidazole rings is 1. The van der Waals surface area contributed by atoms with Crippen LogP contribution in [0.1, 0.15) is 12.5 Å². The molecule has 1 N–H and O–H groups in total. The van der Waals surface area contributed by atoms with Crippen molar-refractivity contribution in [3.8, 4) is 11.5 Å². The lowest BCUT2D eigenvalue weighted by atomic mass is 10.1. The van der Waals surface area contributed by atoms with E-state index in [4.69, 9.17) is 9.47 Å². The minimum Gasteiger partial charge on any atom is -0.486 e. The lowest BCUT2D eigenvalue weighted by Crippen LogP contribution is -2.30. The van der Waals surface area contributed by atoms with Crippen molar-refractivity contribution >= 4 is 0 Å². The molecule has 2 aromatic rings. The van der Waals surface area contributed by atoms with E-state index in [1.165, 1.54) is 0 Å². The molecular weight excluding hydrogens is 254 g/mol. The van der Waals surface area contributed by atoms with Gasteiger partial charge in [0.1, 0.15) is 13.2 Å². The molecule has 20 heavy (non-hydrogen) atoms. The second-order valence-corrected chi connectivity index (χ2v) is 4.98. The van der Waals surface area contributed by atoms with Gasteiger partial charge >= 0.3 is 0 Å². The van der Waals surface area contributed by atoms with Crippen molar-refractivity contribution in [2.24, 2.45) is 0 Å². The van der Waals surface area contributed by atoms with Crippen LogP contribution < -0.4 is 14.8 Å². The summed E-state index contributed by atoms with van der Waals surface area (Å²) >= 11 is 0. The molecule has 5 nitrogen and oxygen atoms in total. The summed E-state index contributed by atoms with van der Waals surface area (Å²) in [5.74, 6) is 1.72. The van der Waals surface area contributed by atoms with E-state index in [9.17, 15) is 0 Å². The molecule has 0 aliphatic carbocycles. The Bertz CT molecular complexity index is 554. The summed E-state index contributed by atoms with van der Waals surface area (Å²) in [6.45, 7) is 5.07. The van der Waals surface area contributed by atoms with E-state index < -0.39 is 0 Å². The van der Waals surface area contributed by atoms with Gasteiger partial charge in [-0.2, -0.15) is 0 Å². The van der Waals surface area contributed by atoms with Crippen LogP contribution in [-0.2, 0) is 13.1 Å². The molecule has 1 aromatic heterocycles. The van der Waals surface area contributed by atoms with Crippen LogP contribution in [0.5, 0.6) is 11.5 Å². The van der Waals surface area contributed by atoms with Gasteiger partial charge in [-0.1, -0.05) is 12.1 Å². The summed E-state index contributed by atoms with van der Waals surface area (Å²) < 4.78 is 13.4. The molecule has 1 aliphatic rings. The van der Waals surface area contributed by atoms with Crippen molar-refractivity contribution < 1.29 is 9.47 Å². The van der Waals surface area contributed by atoms with Gasteiger partial charge in [0.05, 0.1) is 6.33 Å². The average molecular weight is 273 g/mol. The van der Waals surface area contributed by atoms with Gasteiger partial charge < -0.3 is 19.4 Å². The highest BCUT2D eigenvalue weighted by Gasteiger charge is 2.15. The molecule has 0 radical (unpaired) electrons. The number of para-hydroxylation sites is 1. The Hall–Kier alpha value is -2.01. The Morgan fingerprint density at radius 1 is 1.35 bits per heavy atom. The van der Waals surface area contributed by atoms with E-state index in [0.717, 1.165) is 30.2 Å². The monoisotopic (exact) mass is 273 g/mol. The molecule has 1 unspecified atom stereocenters. The fraction of sp³-hybridized carbons (Fsp3) is 0.400. The summed E-state index contributed by atoms with van der Waals surface area (Å²) in [7, 11) is 0. The van der Waals surface area contributed by atoms with Crippen molar-refractivity contribution in [2.75, 3.05) is 13.2 Å². The fourth-order valence-corrected chi connectivity index (χ4v) is 2.33. The Labute approximate surface area is 118 Å². The topological polar surface area (TPSA) is 48.3 Å². The maximum atomic E-state index is 5.71. The lowest BCUT2D eigenvalue weighted by Gasteiger charge is -2.22. The largest absolute Gasteiger partial charge is 0.486 e. The van der Waals surface area contributed by atoms with E-state index in [1.54, 1.807) is 6.20 Å². The number of ether oxygens (including phenoxy) is 2. The number of rotatable bonds is 5. The van der Waals surface area contributed by atoms with Gasteiger partial charge in [0.2, 0.25) is 0 Å². The van der Waals surface area contributed by atoms with E-state index in [-0.39, 0.29) is 0 Å². The zero-order valence-corrected chi connectivity index (χ0v) is 11.6. The van der Waals surface area contributed by atoms with E-state index >= 15 is 0 Å². The third kappa shape index (κ3) is 2.93. The molecule has 0 saturated carbocycles. The summed E-state index contributed by atoms with van der Waals surface area (Å²) in [5.41, 5.74) is 1.14. The first-order valence-electron chi connectivity index (χ1n) is 6.89. The maximum Gasteiger partial charge on any atom is 0.165 e.